The van der Waals surface area contributed by atoms with Crippen LogP contribution in [0.4, 0.5) is 4.39 Å². The van der Waals surface area contributed by atoms with Crippen molar-refractivity contribution in [3.05, 3.63) is 22.6 Å². The zero-order chi connectivity index (χ0) is 11.8. The molecule has 0 spiro atoms. The Morgan fingerprint density at radius 2 is 2.80 bits per heavy atom. The van der Waals surface area contributed by atoms with E-state index in [0.29, 0.717) is 0 Å². The van der Waals surface area contributed by atoms with E-state index in [-0.39, 0.29) is 4.47 Å². The van der Waals surface area contributed by atoms with E-state index in [1.54, 1.807) is 0 Å². The Kier molecular flexibility index (Phi) is 0.940. The van der Waals surface area contributed by atoms with Gasteiger partial charge in [-0.3, -0.25) is 0 Å². The largest absolute Gasteiger partial charge is 0.495 e. The molecule has 0 saturated heterocycles. The number of ether oxygens (including phenoxy) is 1. The van der Waals surface area contributed by atoms with Crippen LogP contribution in [0, 0.1) is 5.95 Å². The van der Waals surface area contributed by atoms with Crippen molar-refractivity contribution >= 4 is 15.9 Å². The quantitative estimate of drug-likeness (QED) is 0.662. The van der Waals surface area contributed by atoms with Gasteiger partial charge in [-0.15, -0.1) is 0 Å². The SMILES string of the molecule is [2H]c1nc(F)c(Br)c(OC([2H])([2H])[2H])c1[2H]. The van der Waals surface area contributed by atoms with Crippen LogP contribution in [-0.2, 0) is 0 Å². The molecule has 1 rings (SSSR count). The molecule has 0 fully saturated rings. The number of methoxy groups -OCH3 is 1. The summed E-state index contributed by atoms with van der Waals surface area (Å²) >= 11 is 2.70. The van der Waals surface area contributed by atoms with Gasteiger partial charge < -0.3 is 4.74 Å². The molecule has 1 heterocycles. The van der Waals surface area contributed by atoms with Gasteiger partial charge in [-0.2, -0.15) is 4.39 Å². The summed E-state index contributed by atoms with van der Waals surface area (Å²) in [6.45, 7) is 0. The normalized spacial score (nSPS) is 18.0. The van der Waals surface area contributed by atoms with Crippen molar-refractivity contribution in [2.24, 2.45) is 0 Å². The van der Waals surface area contributed by atoms with Crippen LogP contribution in [0.5, 0.6) is 5.75 Å². The van der Waals surface area contributed by atoms with Crippen molar-refractivity contribution in [3.63, 3.8) is 0 Å². The number of aromatic nitrogens is 1. The molecule has 0 saturated carbocycles. The molecule has 54 valence electrons. The number of halogens is 2. The monoisotopic (exact) mass is 210 g/mol. The van der Waals surface area contributed by atoms with Crippen LogP contribution in [0.25, 0.3) is 0 Å². The molecule has 0 radical (unpaired) electrons. The topological polar surface area (TPSA) is 22.1 Å². The third-order valence-electron chi connectivity index (χ3n) is 0.806. The molecule has 0 aliphatic carbocycles. The molecule has 0 atom stereocenters. The summed E-state index contributed by atoms with van der Waals surface area (Å²) in [5, 5.41) is 0. The number of hydrogen-bond acceptors (Lipinski definition) is 2. The molecular weight excluding hydrogens is 201 g/mol. The Bertz CT molecular complexity index is 370. The standard InChI is InChI=1S/C6H5BrFNO/c1-10-4-2-3-9-6(8)5(4)7/h2-3H,1H3/i1D3,2D,3D. The Hall–Kier alpha value is -0.640. The van der Waals surface area contributed by atoms with Gasteiger partial charge in [-0.25, -0.2) is 4.98 Å². The summed E-state index contributed by atoms with van der Waals surface area (Å²) in [4.78, 5) is 3.07. The lowest BCUT2D eigenvalue weighted by atomic mass is 10.4. The number of hydrogen-bond donors (Lipinski definition) is 0. The van der Waals surface area contributed by atoms with Crippen LogP contribution in [0.15, 0.2) is 16.7 Å². The molecule has 4 heteroatoms. The molecule has 1 aromatic heterocycles. The highest BCUT2D eigenvalue weighted by atomic mass is 79.9. The van der Waals surface area contributed by atoms with Gasteiger partial charge in [0.2, 0.25) is 5.95 Å². The minimum absolute atomic E-state index is 0.375. The van der Waals surface area contributed by atoms with Crippen molar-refractivity contribution in [3.8, 4) is 5.75 Å². The molecule has 0 N–H and O–H groups in total. The van der Waals surface area contributed by atoms with E-state index in [0.717, 1.165) is 0 Å². The molecule has 0 aromatic carbocycles. The zero-order valence-corrected chi connectivity index (χ0v) is 6.20. The highest BCUT2D eigenvalue weighted by Gasteiger charge is 2.04. The second-order valence-corrected chi connectivity index (χ2v) is 2.18. The van der Waals surface area contributed by atoms with Crippen LogP contribution in [0.3, 0.4) is 0 Å². The highest BCUT2D eigenvalue weighted by Crippen LogP contribution is 2.24. The maximum absolute atomic E-state index is 13.0. The first-order valence-corrected chi connectivity index (χ1v) is 3.03. The molecule has 0 aliphatic rings. The van der Waals surface area contributed by atoms with E-state index in [2.05, 4.69) is 25.7 Å². The summed E-state index contributed by atoms with van der Waals surface area (Å²) in [6.07, 6.45) is -0.685. The second-order valence-electron chi connectivity index (χ2n) is 1.38. The highest BCUT2D eigenvalue weighted by molar-refractivity contribution is 9.10. The maximum atomic E-state index is 13.0. The Labute approximate surface area is 73.2 Å². The van der Waals surface area contributed by atoms with Crippen LogP contribution < -0.4 is 4.74 Å². The summed E-state index contributed by atoms with van der Waals surface area (Å²) in [6, 6.07) is -0.584. The van der Waals surface area contributed by atoms with Crippen LogP contribution in [0.1, 0.15) is 6.85 Å². The van der Waals surface area contributed by atoms with Gasteiger partial charge in [-0.1, -0.05) is 0 Å². The van der Waals surface area contributed by atoms with E-state index in [9.17, 15) is 4.39 Å². The number of rotatable bonds is 1. The first-order chi connectivity index (χ1) is 6.72. The van der Waals surface area contributed by atoms with E-state index in [1.807, 2.05) is 0 Å². The molecule has 10 heavy (non-hydrogen) atoms. The Balaban J connectivity index is 3.27. The first-order valence-electron chi connectivity index (χ1n) is 4.73. The fraction of sp³-hybridized carbons (Fsp3) is 0.167. The maximum Gasteiger partial charge on any atom is 0.230 e. The summed E-state index contributed by atoms with van der Waals surface area (Å²) in [5.41, 5.74) is 0. The van der Waals surface area contributed by atoms with Gasteiger partial charge in [0.1, 0.15) is 10.2 Å². The average Bonchev–Trinajstić information content (AvgIpc) is 2.08. The Morgan fingerprint density at radius 1 is 2.00 bits per heavy atom. The van der Waals surface area contributed by atoms with Gasteiger partial charge in [-0.05, 0) is 22.0 Å². The van der Waals surface area contributed by atoms with Crippen molar-refractivity contribution < 1.29 is 16.0 Å². The van der Waals surface area contributed by atoms with Gasteiger partial charge in [0, 0.05) is 6.17 Å². The van der Waals surface area contributed by atoms with Gasteiger partial charge in [0.15, 0.2) is 0 Å². The van der Waals surface area contributed by atoms with E-state index in [4.69, 9.17) is 6.85 Å². The summed E-state index contributed by atoms with van der Waals surface area (Å²) in [7, 11) is -2.81. The lowest BCUT2D eigenvalue weighted by Gasteiger charge is -2.00. The summed E-state index contributed by atoms with van der Waals surface area (Å²) < 4.78 is 51.8. The van der Waals surface area contributed by atoms with Crippen LogP contribution in [-0.4, -0.2) is 12.0 Å². The fourth-order valence-electron chi connectivity index (χ4n) is 0.396. The van der Waals surface area contributed by atoms with Crippen molar-refractivity contribution in [2.45, 2.75) is 0 Å². The molecule has 0 bridgehead atoms. The van der Waals surface area contributed by atoms with Crippen molar-refractivity contribution in [2.75, 3.05) is 7.04 Å². The molecule has 0 aliphatic heterocycles. The number of nitrogens with zero attached hydrogens (tertiary/aromatic N) is 1. The third kappa shape index (κ3) is 1.26. The van der Waals surface area contributed by atoms with E-state index >= 15 is 0 Å². The number of pyridine rings is 1. The third-order valence-corrected chi connectivity index (χ3v) is 1.49. The van der Waals surface area contributed by atoms with Crippen molar-refractivity contribution in [1.82, 2.24) is 4.98 Å². The fourth-order valence-corrected chi connectivity index (χ4v) is 0.664. The van der Waals surface area contributed by atoms with Gasteiger partial charge in [0.25, 0.3) is 0 Å². The smallest absolute Gasteiger partial charge is 0.230 e. The summed E-state index contributed by atoms with van der Waals surface area (Å²) in [5.74, 6) is -1.64. The zero-order valence-electron chi connectivity index (χ0n) is 9.61. The predicted octanol–water partition coefficient (Wildman–Crippen LogP) is 1.99. The average molecular weight is 211 g/mol. The minimum Gasteiger partial charge on any atom is -0.495 e. The van der Waals surface area contributed by atoms with Crippen molar-refractivity contribution in [1.29, 1.82) is 0 Å². The van der Waals surface area contributed by atoms with Crippen LogP contribution in [0.2, 0.25) is 0 Å². The Morgan fingerprint density at radius 3 is 3.50 bits per heavy atom. The first kappa shape index (κ1) is 3.17. The lowest BCUT2D eigenvalue weighted by Crippen LogP contribution is -1.89. The molecule has 0 amide bonds. The molecule has 2 nitrogen and oxygen atoms in total. The van der Waals surface area contributed by atoms with E-state index in [1.165, 1.54) is 0 Å². The minimum atomic E-state index is -2.81. The van der Waals surface area contributed by atoms with Crippen LogP contribution >= 0.6 is 15.9 Å². The van der Waals surface area contributed by atoms with Gasteiger partial charge >= 0.3 is 0 Å². The molecular formula is C6H5BrFNO. The van der Waals surface area contributed by atoms with E-state index < -0.39 is 31.0 Å². The second kappa shape index (κ2) is 2.96. The predicted molar refractivity (Wildman–Crippen MR) is 38.4 cm³/mol. The lowest BCUT2D eigenvalue weighted by molar-refractivity contribution is 0.405. The molecule has 0 unspecified atom stereocenters. The van der Waals surface area contributed by atoms with Gasteiger partial charge in [0.05, 0.1) is 13.9 Å². The molecule has 1 aromatic rings.